The summed E-state index contributed by atoms with van der Waals surface area (Å²) < 4.78 is 13.9. The Hall–Kier alpha value is -0.900. The van der Waals surface area contributed by atoms with E-state index >= 15 is 0 Å². The first-order chi connectivity index (χ1) is 7.34. The molecule has 1 N–H and O–H groups in total. The highest BCUT2D eigenvalue weighted by Gasteiger charge is 2.62. The first-order valence-corrected chi connectivity index (χ1v) is 5.82. The molecule has 1 aliphatic carbocycles. The van der Waals surface area contributed by atoms with Crippen LogP contribution in [0.2, 0.25) is 0 Å². The monoisotopic (exact) mass is 286 g/mol. The number of carboxylic acid groups (broad SMARTS) is 1. The number of hydrogen-bond acceptors (Lipinski definition) is 1. The van der Waals surface area contributed by atoms with E-state index in [0.717, 1.165) is 5.56 Å². The number of aliphatic carboxylic acids is 1. The van der Waals surface area contributed by atoms with Gasteiger partial charge in [0.05, 0.1) is 5.92 Å². The van der Waals surface area contributed by atoms with Crippen molar-refractivity contribution in [3.8, 4) is 0 Å². The SMILES string of the molecule is CC1(C)C(C(=O)O)C1c1cc(F)cc(Br)c1. The first kappa shape index (κ1) is 11.6. The maximum Gasteiger partial charge on any atom is 0.307 e. The first-order valence-electron chi connectivity index (χ1n) is 5.03. The minimum Gasteiger partial charge on any atom is -0.481 e. The molecule has 2 nitrogen and oxygen atoms in total. The zero-order valence-corrected chi connectivity index (χ0v) is 10.6. The van der Waals surface area contributed by atoms with Gasteiger partial charge in [-0.15, -0.1) is 0 Å². The molecule has 2 unspecified atom stereocenters. The van der Waals surface area contributed by atoms with E-state index in [4.69, 9.17) is 5.11 Å². The predicted molar refractivity (Wildman–Crippen MR) is 61.7 cm³/mol. The van der Waals surface area contributed by atoms with Crippen LogP contribution in [-0.4, -0.2) is 11.1 Å². The van der Waals surface area contributed by atoms with Gasteiger partial charge in [-0.05, 0) is 29.2 Å². The Balaban J connectivity index is 2.37. The van der Waals surface area contributed by atoms with Crippen molar-refractivity contribution >= 4 is 21.9 Å². The minimum atomic E-state index is -0.810. The summed E-state index contributed by atoms with van der Waals surface area (Å²) in [5.74, 6) is -1.66. The fraction of sp³-hybridized carbons (Fsp3) is 0.417. The van der Waals surface area contributed by atoms with Crippen molar-refractivity contribution in [1.29, 1.82) is 0 Å². The van der Waals surface area contributed by atoms with E-state index in [1.165, 1.54) is 12.1 Å². The Kier molecular flexibility index (Phi) is 2.57. The molecule has 0 bridgehead atoms. The van der Waals surface area contributed by atoms with Crippen molar-refractivity contribution in [1.82, 2.24) is 0 Å². The van der Waals surface area contributed by atoms with E-state index in [-0.39, 0.29) is 17.2 Å². The third-order valence-electron chi connectivity index (χ3n) is 3.34. The topological polar surface area (TPSA) is 37.3 Å². The molecule has 0 heterocycles. The summed E-state index contributed by atoms with van der Waals surface area (Å²) in [6.45, 7) is 3.80. The lowest BCUT2D eigenvalue weighted by Crippen LogP contribution is -2.03. The van der Waals surface area contributed by atoms with E-state index in [1.807, 2.05) is 13.8 Å². The molecule has 1 fully saturated rings. The largest absolute Gasteiger partial charge is 0.481 e. The van der Waals surface area contributed by atoms with Crippen molar-refractivity contribution in [3.63, 3.8) is 0 Å². The number of hydrogen-bond donors (Lipinski definition) is 1. The molecular formula is C12H12BrFO2. The Morgan fingerprint density at radius 2 is 2.06 bits per heavy atom. The van der Waals surface area contributed by atoms with Gasteiger partial charge in [-0.2, -0.15) is 0 Å². The number of carbonyl (C=O) groups is 1. The van der Waals surface area contributed by atoms with Crippen LogP contribution in [0.1, 0.15) is 25.3 Å². The third kappa shape index (κ3) is 1.75. The van der Waals surface area contributed by atoms with Gasteiger partial charge in [0, 0.05) is 10.4 Å². The van der Waals surface area contributed by atoms with Gasteiger partial charge in [-0.3, -0.25) is 4.79 Å². The second-order valence-corrected chi connectivity index (χ2v) is 5.73. The average molecular weight is 287 g/mol. The lowest BCUT2D eigenvalue weighted by molar-refractivity contribution is -0.139. The van der Waals surface area contributed by atoms with Gasteiger partial charge in [0.15, 0.2) is 0 Å². The highest BCUT2D eigenvalue weighted by Crippen LogP contribution is 2.64. The van der Waals surface area contributed by atoms with Gasteiger partial charge < -0.3 is 5.11 Å². The van der Waals surface area contributed by atoms with Crippen LogP contribution < -0.4 is 0 Å². The van der Waals surface area contributed by atoms with Gasteiger partial charge in [-0.1, -0.05) is 29.8 Å². The molecule has 0 radical (unpaired) electrons. The molecule has 0 aromatic heterocycles. The fourth-order valence-corrected chi connectivity index (χ4v) is 2.96. The lowest BCUT2D eigenvalue weighted by Gasteiger charge is -2.03. The third-order valence-corrected chi connectivity index (χ3v) is 3.80. The molecule has 1 aromatic carbocycles. The maximum absolute atomic E-state index is 13.2. The molecule has 0 spiro atoms. The Labute approximate surface area is 102 Å². The van der Waals surface area contributed by atoms with Gasteiger partial charge in [0.1, 0.15) is 5.82 Å². The van der Waals surface area contributed by atoms with Crippen LogP contribution in [0.3, 0.4) is 0 Å². The number of carboxylic acids is 1. The van der Waals surface area contributed by atoms with Crippen LogP contribution in [0, 0.1) is 17.2 Å². The molecule has 2 rings (SSSR count). The van der Waals surface area contributed by atoms with E-state index in [9.17, 15) is 9.18 Å². The van der Waals surface area contributed by atoms with Crippen LogP contribution >= 0.6 is 15.9 Å². The quantitative estimate of drug-likeness (QED) is 0.905. The van der Waals surface area contributed by atoms with Gasteiger partial charge >= 0.3 is 5.97 Å². The number of rotatable bonds is 2. The fourth-order valence-electron chi connectivity index (χ4n) is 2.48. The van der Waals surface area contributed by atoms with Crippen LogP contribution in [0.25, 0.3) is 0 Å². The van der Waals surface area contributed by atoms with Gasteiger partial charge in [-0.25, -0.2) is 4.39 Å². The maximum atomic E-state index is 13.2. The Morgan fingerprint density at radius 1 is 1.44 bits per heavy atom. The zero-order valence-electron chi connectivity index (χ0n) is 9.00. The molecule has 0 amide bonds. The lowest BCUT2D eigenvalue weighted by atomic mass is 10.0. The Bertz CT molecular complexity index is 436. The molecule has 86 valence electrons. The van der Waals surface area contributed by atoms with Crippen LogP contribution in [0.5, 0.6) is 0 Å². The summed E-state index contributed by atoms with van der Waals surface area (Å²) in [5.41, 5.74) is 0.461. The summed E-state index contributed by atoms with van der Waals surface area (Å²) >= 11 is 3.22. The van der Waals surface area contributed by atoms with Crippen molar-refractivity contribution in [2.75, 3.05) is 0 Å². The number of halogens is 2. The van der Waals surface area contributed by atoms with E-state index in [1.54, 1.807) is 6.07 Å². The summed E-state index contributed by atoms with van der Waals surface area (Å²) in [5, 5.41) is 9.05. The minimum absolute atomic E-state index is 0.100. The van der Waals surface area contributed by atoms with Crippen LogP contribution in [0.4, 0.5) is 4.39 Å². The molecule has 1 aliphatic rings. The zero-order chi connectivity index (χ0) is 12.1. The standard InChI is InChI=1S/C12H12BrFO2/c1-12(2)9(10(12)11(15)16)6-3-7(13)5-8(14)4-6/h3-5,9-10H,1-2H3,(H,15,16). The highest BCUT2D eigenvalue weighted by molar-refractivity contribution is 9.10. The molecular weight excluding hydrogens is 275 g/mol. The molecule has 0 aliphatic heterocycles. The summed E-state index contributed by atoms with van der Waals surface area (Å²) in [6.07, 6.45) is 0. The highest BCUT2D eigenvalue weighted by atomic mass is 79.9. The van der Waals surface area contributed by atoms with Gasteiger partial charge in [0.25, 0.3) is 0 Å². The predicted octanol–water partition coefficient (Wildman–Crippen LogP) is 3.41. The molecule has 0 saturated heterocycles. The van der Waals surface area contributed by atoms with Gasteiger partial charge in [0.2, 0.25) is 0 Å². The van der Waals surface area contributed by atoms with Crippen molar-refractivity contribution in [3.05, 3.63) is 34.1 Å². The van der Waals surface area contributed by atoms with E-state index in [0.29, 0.717) is 4.47 Å². The molecule has 1 saturated carbocycles. The number of benzene rings is 1. The summed E-state index contributed by atoms with van der Waals surface area (Å²) in [6, 6.07) is 4.58. The molecule has 1 aromatic rings. The summed E-state index contributed by atoms with van der Waals surface area (Å²) in [7, 11) is 0. The van der Waals surface area contributed by atoms with Crippen molar-refractivity contribution < 1.29 is 14.3 Å². The van der Waals surface area contributed by atoms with E-state index < -0.39 is 11.9 Å². The Morgan fingerprint density at radius 3 is 2.50 bits per heavy atom. The summed E-state index contributed by atoms with van der Waals surface area (Å²) in [4.78, 5) is 11.0. The molecule has 16 heavy (non-hydrogen) atoms. The van der Waals surface area contributed by atoms with Crippen molar-refractivity contribution in [2.24, 2.45) is 11.3 Å². The average Bonchev–Trinajstić information content (AvgIpc) is 2.67. The van der Waals surface area contributed by atoms with Crippen molar-refractivity contribution in [2.45, 2.75) is 19.8 Å². The second kappa shape index (κ2) is 3.55. The normalized spacial score (nSPS) is 26.5. The van der Waals surface area contributed by atoms with Crippen LogP contribution in [-0.2, 0) is 4.79 Å². The van der Waals surface area contributed by atoms with Crippen LogP contribution in [0.15, 0.2) is 22.7 Å². The second-order valence-electron chi connectivity index (χ2n) is 4.82. The molecule has 4 heteroatoms. The van der Waals surface area contributed by atoms with E-state index in [2.05, 4.69) is 15.9 Å². The molecule has 2 atom stereocenters. The smallest absolute Gasteiger partial charge is 0.307 e.